The molecular weight excluding hydrogens is 238 g/mol. The Labute approximate surface area is 104 Å². The van der Waals surface area contributed by atoms with Gasteiger partial charge in [0.1, 0.15) is 11.5 Å². The quantitative estimate of drug-likeness (QED) is 0.639. The van der Waals surface area contributed by atoms with Gasteiger partial charge >= 0.3 is 0 Å². The number of aryl methyl sites for hydroxylation is 1. The Morgan fingerprint density at radius 3 is 3.00 bits per heavy atom. The van der Waals surface area contributed by atoms with Gasteiger partial charge in [0, 0.05) is 12.6 Å². The van der Waals surface area contributed by atoms with E-state index in [0.29, 0.717) is 37.9 Å². The van der Waals surface area contributed by atoms with E-state index >= 15 is 0 Å². The van der Waals surface area contributed by atoms with Crippen molar-refractivity contribution in [3.8, 4) is 0 Å². The molecule has 0 aromatic carbocycles. The molecule has 1 atom stereocenters. The Balaban J connectivity index is 1.93. The first kappa shape index (κ1) is 12.7. The molecule has 0 amide bonds. The molecular formula is C11H15N3O4. The summed E-state index contributed by atoms with van der Waals surface area (Å²) in [5, 5.41) is 13.7. The monoisotopic (exact) mass is 253 g/mol. The third-order valence-electron chi connectivity index (χ3n) is 2.65. The number of pyridine rings is 1. The number of ether oxygens (including phenoxy) is 2. The van der Waals surface area contributed by atoms with E-state index in [2.05, 4.69) is 10.3 Å². The van der Waals surface area contributed by atoms with Crippen molar-refractivity contribution in [1.29, 1.82) is 0 Å². The Morgan fingerprint density at radius 2 is 2.39 bits per heavy atom. The fraction of sp³-hybridized carbons (Fsp3) is 0.545. The molecule has 2 rings (SSSR count). The van der Waals surface area contributed by atoms with Crippen LogP contribution in [0.15, 0.2) is 12.1 Å². The van der Waals surface area contributed by atoms with Crippen LogP contribution in [0.25, 0.3) is 0 Å². The molecule has 7 heteroatoms. The van der Waals surface area contributed by atoms with Gasteiger partial charge in [0.2, 0.25) is 0 Å². The molecule has 0 saturated carbocycles. The molecule has 0 radical (unpaired) electrons. The molecule has 1 unspecified atom stereocenters. The highest BCUT2D eigenvalue weighted by atomic mass is 16.6. The highest BCUT2D eigenvalue weighted by Crippen LogP contribution is 2.17. The van der Waals surface area contributed by atoms with Crippen LogP contribution in [0, 0.1) is 17.0 Å². The predicted molar refractivity (Wildman–Crippen MR) is 64.7 cm³/mol. The Kier molecular flexibility index (Phi) is 4.06. The first-order valence-corrected chi connectivity index (χ1v) is 5.72. The minimum absolute atomic E-state index is 0.00366. The third kappa shape index (κ3) is 3.14. The van der Waals surface area contributed by atoms with Crippen molar-refractivity contribution in [1.82, 2.24) is 4.98 Å². The molecule has 1 fully saturated rings. The van der Waals surface area contributed by atoms with Crippen LogP contribution in [-0.4, -0.2) is 42.4 Å². The summed E-state index contributed by atoms with van der Waals surface area (Å²) in [5.41, 5.74) is 0.420. The second-order valence-electron chi connectivity index (χ2n) is 4.01. The highest BCUT2D eigenvalue weighted by molar-refractivity contribution is 5.44. The zero-order valence-corrected chi connectivity index (χ0v) is 10.1. The van der Waals surface area contributed by atoms with Crippen molar-refractivity contribution in [2.45, 2.75) is 13.0 Å². The topological polar surface area (TPSA) is 86.5 Å². The summed E-state index contributed by atoms with van der Waals surface area (Å²) in [6.45, 7) is 3.97. The van der Waals surface area contributed by atoms with Crippen LogP contribution in [0.2, 0.25) is 0 Å². The lowest BCUT2D eigenvalue weighted by Crippen LogP contribution is -2.34. The first-order chi connectivity index (χ1) is 8.66. The van der Waals surface area contributed by atoms with E-state index < -0.39 is 4.92 Å². The van der Waals surface area contributed by atoms with Crippen molar-refractivity contribution < 1.29 is 14.4 Å². The van der Waals surface area contributed by atoms with Gasteiger partial charge in [-0.2, -0.15) is 0 Å². The molecule has 1 aromatic rings. The average molecular weight is 253 g/mol. The largest absolute Gasteiger partial charge is 0.376 e. The van der Waals surface area contributed by atoms with Gasteiger partial charge in [-0.25, -0.2) is 4.98 Å². The summed E-state index contributed by atoms with van der Waals surface area (Å²) >= 11 is 0. The third-order valence-corrected chi connectivity index (χ3v) is 2.65. The summed E-state index contributed by atoms with van der Waals surface area (Å²) < 4.78 is 10.7. The summed E-state index contributed by atoms with van der Waals surface area (Å²) in [7, 11) is 0. The average Bonchev–Trinajstić information content (AvgIpc) is 2.37. The lowest BCUT2D eigenvalue weighted by Gasteiger charge is -2.23. The van der Waals surface area contributed by atoms with Crippen molar-refractivity contribution in [2.24, 2.45) is 0 Å². The number of rotatable bonds is 4. The van der Waals surface area contributed by atoms with E-state index in [0.717, 1.165) is 0 Å². The molecule has 98 valence electrons. The van der Waals surface area contributed by atoms with E-state index in [1.165, 1.54) is 6.07 Å². The molecule has 1 aliphatic heterocycles. The summed E-state index contributed by atoms with van der Waals surface area (Å²) in [6.07, 6.45) is -0.00366. The van der Waals surface area contributed by atoms with E-state index in [4.69, 9.17) is 9.47 Å². The van der Waals surface area contributed by atoms with E-state index in [9.17, 15) is 10.1 Å². The highest BCUT2D eigenvalue weighted by Gasteiger charge is 2.15. The van der Waals surface area contributed by atoms with Gasteiger partial charge in [0.15, 0.2) is 0 Å². The van der Waals surface area contributed by atoms with Crippen LogP contribution < -0.4 is 5.32 Å². The Morgan fingerprint density at radius 1 is 1.56 bits per heavy atom. The molecule has 1 aromatic heterocycles. The predicted octanol–water partition coefficient (Wildman–Crippen LogP) is 1.13. The van der Waals surface area contributed by atoms with Gasteiger partial charge in [-0.3, -0.25) is 10.1 Å². The van der Waals surface area contributed by atoms with Crippen LogP contribution >= 0.6 is 0 Å². The molecule has 1 aliphatic rings. The Hall–Kier alpha value is -1.73. The molecule has 18 heavy (non-hydrogen) atoms. The summed E-state index contributed by atoms with van der Waals surface area (Å²) in [5.74, 6) is 0.604. The Bertz CT molecular complexity index is 432. The maximum atomic E-state index is 10.6. The number of hydrogen-bond donors (Lipinski definition) is 1. The molecule has 0 spiro atoms. The van der Waals surface area contributed by atoms with Crippen LogP contribution in [0.4, 0.5) is 11.5 Å². The number of hydrogen-bond acceptors (Lipinski definition) is 6. The lowest BCUT2D eigenvalue weighted by molar-refractivity contribution is -0.385. The number of nitro groups is 1. The second-order valence-corrected chi connectivity index (χ2v) is 4.01. The molecule has 0 aliphatic carbocycles. The standard InChI is InChI=1S/C11H15N3O4/c1-8-10(14(15)16)2-3-11(13-8)12-6-9-7-17-4-5-18-9/h2-3,9H,4-7H2,1H3,(H,12,13). The van der Waals surface area contributed by atoms with Gasteiger partial charge in [0.05, 0.1) is 30.8 Å². The summed E-state index contributed by atoms with van der Waals surface area (Å²) in [6, 6.07) is 3.04. The second kappa shape index (κ2) is 5.74. The lowest BCUT2D eigenvalue weighted by atomic mass is 10.3. The van der Waals surface area contributed by atoms with E-state index in [-0.39, 0.29) is 11.8 Å². The van der Waals surface area contributed by atoms with Crippen LogP contribution in [0.1, 0.15) is 5.69 Å². The van der Waals surface area contributed by atoms with Crippen LogP contribution in [0.3, 0.4) is 0 Å². The number of nitrogens with zero attached hydrogens (tertiary/aromatic N) is 2. The minimum atomic E-state index is -0.440. The van der Waals surface area contributed by atoms with Gasteiger partial charge in [-0.15, -0.1) is 0 Å². The van der Waals surface area contributed by atoms with Gasteiger partial charge < -0.3 is 14.8 Å². The molecule has 7 nitrogen and oxygen atoms in total. The smallest absolute Gasteiger partial charge is 0.290 e. The van der Waals surface area contributed by atoms with Crippen molar-refractivity contribution >= 4 is 11.5 Å². The summed E-state index contributed by atoms with van der Waals surface area (Å²) in [4.78, 5) is 14.3. The molecule has 1 N–H and O–H groups in total. The van der Waals surface area contributed by atoms with E-state index in [1.54, 1.807) is 13.0 Å². The van der Waals surface area contributed by atoms with Gasteiger partial charge in [-0.05, 0) is 13.0 Å². The number of anilines is 1. The zero-order valence-electron chi connectivity index (χ0n) is 10.1. The number of nitrogens with one attached hydrogen (secondary N) is 1. The first-order valence-electron chi connectivity index (χ1n) is 5.72. The van der Waals surface area contributed by atoms with E-state index in [1.807, 2.05) is 0 Å². The minimum Gasteiger partial charge on any atom is -0.376 e. The fourth-order valence-electron chi connectivity index (χ4n) is 1.72. The van der Waals surface area contributed by atoms with Gasteiger partial charge in [0.25, 0.3) is 5.69 Å². The molecule has 1 saturated heterocycles. The fourth-order valence-corrected chi connectivity index (χ4v) is 1.72. The van der Waals surface area contributed by atoms with Crippen LogP contribution in [0.5, 0.6) is 0 Å². The molecule has 0 bridgehead atoms. The SMILES string of the molecule is Cc1nc(NCC2COCCO2)ccc1[N+](=O)[O-]. The van der Waals surface area contributed by atoms with Crippen molar-refractivity contribution in [2.75, 3.05) is 31.7 Å². The van der Waals surface area contributed by atoms with Crippen LogP contribution in [-0.2, 0) is 9.47 Å². The van der Waals surface area contributed by atoms with Gasteiger partial charge in [-0.1, -0.05) is 0 Å². The van der Waals surface area contributed by atoms with Crippen molar-refractivity contribution in [3.63, 3.8) is 0 Å². The zero-order chi connectivity index (χ0) is 13.0. The maximum absolute atomic E-state index is 10.6. The molecule has 2 heterocycles. The number of aromatic nitrogens is 1. The maximum Gasteiger partial charge on any atom is 0.290 e. The van der Waals surface area contributed by atoms with Crippen molar-refractivity contribution in [3.05, 3.63) is 27.9 Å². The normalized spacial score (nSPS) is 19.5.